The Bertz CT molecular complexity index is 787. The third-order valence-corrected chi connectivity index (χ3v) is 6.69. The first kappa shape index (κ1) is 18.4. The van der Waals surface area contributed by atoms with Gasteiger partial charge in [-0.2, -0.15) is 0 Å². The SMILES string of the molecule is OC1CCN(Cc2nc3ccc(OC4CCN(C5CCC5)CC4)cc3o2)CC1. The maximum atomic E-state index is 9.65. The summed E-state index contributed by atoms with van der Waals surface area (Å²) >= 11 is 0. The Labute approximate surface area is 166 Å². The number of ether oxygens (including phenoxy) is 1. The van der Waals surface area contributed by atoms with E-state index < -0.39 is 0 Å². The number of fused-ring (bicyclic) bond motifs is 1. The summed E-state index contributed by atoms with van der Waals surface area (Å²) < 4.78 is 12.3. The quantitative estimate of drug-likeness (QED) is 0.853. The molecular formula is C22H31N3O3. The van der Waals surface area contributed by atoms with Crippen LogP contribution in [-0.4, -0.2) is 64.3 Å². The molecule has 6 nitrogen and oxygen atoms in total. The molecule has 0 amide bonds. The third-order valence-electron chi connectivity index (χ3n) is 6.69. The van der Waals surface area contributed by atoms with E-state index in [0.717, 1.165) is 80.6 Å². The number of rotatable bonds is 5. The van der Waals surface area contributed by atoms with Gasteiger partial charge in [0, 0.05) is 38.3 Å². The van der Waals surface area contributed by atoms with Gasteiger partial charge in [0.15, 0.2) is 5.58 Å². The van der Waals surface area contributed by atoms with E-state index in [9.17, 15) is 5.11 Å². The molecule has 1 aromatic heterocycles. The molecule has 3 aliphatic rings. The van der Waals surface area contributed by atoms with E-state index in [0.29, 0.717) is 12.6 Å². The van der Waals surface area contributed by atoms with Crippen LogP contribution in [0.4, 0.5) is 0 Å². The zero-order valence-electron chi connectivity index (χ0n) is 16.6. The number of nitrogens with zero attached hydrogens (tertiary/aromatic N) is 3. The molecule has 2 saturated heterocycles. The van der Waals surface area contributed by atoms with Gasteiger partial charge in [0.1, 0.15) is 17.4 Å². The van der Waals surface area contributed by atoms with Gasteiger partial charge in [-0.05, 0) is 50.7 Å². The Balaban J connectivity index is 1.18. The minimum atomic E-state index is -0.153. The van der Waals surface area contributed by atoms with E-state index in [1.165, 1.54) is 19.3 Å². The smallest absolute Gasteiger partial charge is 0.209 e. The highest BCUT2D eigenvalue weighted by atomic mass is 16.5. The number of hydrogen-bond acceptors (Lipinski definition) is 6. The van der Waals surface area contributed by atoms with Crippen LogP contribution in [0.1, 0.15) is 50.8 Å². The van der Waals surface area contributed by atoms with Crippen molar-refractivity contribution >= 4 is 11.1 Å². The first-order valence-corrected chi connectivity index (χ1v) is 10.9. The average molecular weight is 386 g/mol. The molecule has 0 spiro atoms. The van der Waals surface area contributed by atoms with E-state index in [2.05, 4.69) is 14.8 Å². The normalized spacial score (nSPS) is 23.9. The predicted molar refractivity (Wildman–Crippen MR) is 107 cm³/mol. The summed E-state index contributed by atoms with van der Waals surface area (Å²) in [5, 5.41) is 9.65. The molecule has 0 radical (unpaired) electrons. The summed E-state index contributed by atoms with van der Waals surface area (Å²) in [6, 6.07) is 6.85. The zero-order chi connectivity index (χ0) is 18.9. The molecule has 6 heteroatoms. The third kappa shape index (κ3) is 4.04. The number of oxazole rings is 1. The predicted octanol–water partition coefficient (Wildman–Crippen LogP) is 3.18. The summed E-state index contributed by atoms with van der Waals surface area (Å²) in [4.78, 5) is 9.57. The van der Waals surface area contributed by atoms with Crippen molar-refractivity contribution < 1.29 is 14.3 Å². The van der Waals surface area contributed by atoms with Crippen LogP contribution < -0.4 is 4.74 Å². The van der Waals surface area contributed by atoms with Crippen molar-refractivity contribution in [3.8, 4) is 5.75 Å². The van der Waals surface area contributed by atoms with Crippen LogP contribution in [0, 0.1) is 0 Å². The second-order valence-corrected chi connectivity index (χ2v) is 8.68. The zero-order valence-corrected chi connectivity index (χ0v) is 16.6. The van der Waals surface area contributed by atoms with Gasteiger partial charge in [-0.25, -0.2) is 4.98 Å². The van der Waals surface area contributed by atoms with Crippen LogP contribution in [0.15, 0.2) is 22.6 Å². The fourth-order valence-electron chi connectivity index (χ4n) is 4.67. The number of aliphatic hydroxyl groups excluding tert-OH is 1. The molecule has 1 N–H and O–H groups in total. The summed E-state index contributed by atoms with van der Waals surface area (Å²) in [7, 11) is 0. The van der Waals surface area contributed by atoms with E-state index in [4.69, 9.17) is 9.15 Å². The molecular weight excluding hydrogens is 354 g/mol. The van der Waals surface area contributed by atoms with Gasteiger partial charge in [0.2, 0.25) is 5.89 Å². The number of aromatic nitrogens is 1. The van der Waals surface area contributed by atoms with E-state index in [-0.39, 0.29) is 6.10 Å². The van der Waals surface area contributed by atoms with Crippen molar-refractivity contribution in [1.82, 2.24) is 14.8 Å². The van der Waals surface area contributed by atoms with Crippen molar-refractivity contribution in [2.45, 2.75) is 69.7 Å². The van der Waals surface area contributed by atoms with Gasteiger partial charge >= 0.3 is 0 Å². The van der Waals surface area contributed by atoms with Crippen molar-refractivity contribution in [2.75, 3.05) is 26.2 Å². The van der Waals surface area contributed by atoms with Crippen LogP contribution >= 0.6 is 0 Å². The van der Waals surface area contributed by atoms with Crippen LogP contribution in [-0.2, 0) is 6.54 Å². The van der Waals surface area contributed by atoms with Gasteiger partial charge in [0.05, 0.1) is 12.6 Å². The summed E-state index contributed by atoms with van der Waals surface area (Å²) in [5.41, 5.74) is 1.69. The average Bonchev–Trinajstić information content (AvgIpc) is 3.05. The molecule has 5 rings (SSSR count). The van der Waals surface area contributed by atoms with E-state index in [1.807, 2.05) is 18.2 Å². The fraction of sp³-hybridized carbons (Fsp3) is 0.682. The second kappa shape index (κ2) is 8.01. The second-order valence-electron chi connectivity index (χ2n) is 8.68. The molecule has 152 valence electrons. The Morgan fingerprint density at radius 3 is 2.54 bits per heavy atom. The monoisotopic (exact) mass is 385 g/mol. The molecule has 0 unspecified atom stereocenters. The highest BCUT2D eigenvalue weighted by Crippen LogP contribution is 2.29. The lowest BCUT2D eigenvalue weighted by Gasteiger charge is -2.41. The van der Waals surface area contributed by atoms with Gasteiger partial charge in [-0.3, -0.25) is 4.90 Å². The van der Waals surface area contributed by atoms with Crippen molar-refractivity contribution in [2.24, 2.45) is 0 Å². The van der Waals surface area contributed by atoms with Gasteiger partial charge < -0.3 is 19.2 Å². The summed E-state index contributed by atoms with van der Waals surface area (Å²) in [6.45, 7) is 4.82. The highest BCUT2D eigenvalue weighted by Gasteiger charge is 2.29. The number of piperidine rings is 2. The van der Waals surface area contributed by atoms with Gasteiger partial charge in [0.25, 0.3) is 0 Å². The lowest BCUT2D eigenvalue weighted by molar-refractivity contribution is 0.0493. The minimum Gasteiger partial charge on any atom is -0.490 e. The molecule has 0 bridgehead atoms. The van der Waals surface area contributed by atoms with Crippen molar-refractivity contribution in [1.29, 1.82) is 0 Å². The van der Waals surface area contributed by atoms with Gasteiger partial charge in [-0.1, -0.05) is 6.42 Å². The lowest BCUT2D eigenvalue weighted by Crippen LogP contribution is -2.46. The fourth-order valence-corrected chi connectivity index (χ4v) is 4.67. The molecule has 2 aromatic rings. The first-order chi connectivity index (χ1) is 13.7. The highest BCUT2D eigenvalue weighted by molar-refractivity contribution is 5.74. The maximum absolute atomic E-state index is 9.65. The Morgan fingerprint density at radius 2 is 1.82 bits per heavy atom. The standard InChI is InChI=1S/C22H31N3O3/c26-17-6-10-24(11-7-17)15-22-23-20-5-4-19(14-21(20)28-22)27-18-8-12-25(13-9-18)16-2-1-3-16/h4-5,14,16-18,26H,1-3,6-13,15H2. The van der Waals surface area contributed by atoms with Crippen LogP contribution in [0.3, 0.4) is 0 Å². The first-order valence-electron chi connectivity index (χ1n) is 10.9. The number of hydrogen-bond donors (Lipinski definition) is 1. The molecule has 1 aromatic carbocycles. The Hall–Kier alpha value is -1.63. The maximum Gasteiger partial charge on any atom is 0.209 e. The van der Waals surface area contributed by atoms with E-state index >= 15 is 0 Å². The topological polar surface area (TPSA) is 62.0 Å². The molecule has 3 heterocycles. The number of aliphatic hydroxyl groups is 1. The molecule has 1 aliphatic carbocycles. The van der Waals surface area contributed by atoms with Crippen LogP contribution in [0.5, 0.6) is 5.75 Å². The summed E-state index contributed by atoms with van der Waals surface area (Å²) in [5.74, 6) is 1.63. The molecule has 2 aliphatic heterocycles. The molecule has 28 heavy (non-hydrogen) atoms. The molecule has 0 atom stereocenters. The Morgan fingerprint density at radius 1 is 1.04 bits per heavy atom. The largest absolute Gasteiger partial charge is 0.490 e. The molecule has 1 saturated carbocycles. The minimum absolute atomic E-state index is 0.153. The van der Waals surface area contributed by atoms with Crippen molar-refractivity contribution in [3.63, 3.8) is 0 Å². The lowest BCUT2D eigenvalue weighted by atomic mass is 9.90. The number of benzene rings is 1. The van der Waals surface area contributed by atoms with Crippen LogP contribution in [0.2, 0.25) is 0 Å². The molecule has 3 fully saturated rings. The van der Waals surface area contributed by atoms with E-state index in [1.54, 1.807) is 0 Å². The number of likely N-dealkylation sites (tertiary alicyclic amines) is 2. The van der Waals surface area contributed by atoms with Crippen molar-refractivity contribution in [3.05, 3.63) is 24.1 Å². The summed E-state index contributed by atoms with van der Waals surface area (Å²) in [6.07, 6.45) is 8.20. The Kier molecular flexibility index (Phi) is 5.26. The van der Waals surface area contributed by atoms with Gasteiger partial charge in [-0.15, -0.1) is 0 Å². The van der Waals surface area contributed by atoms with Crippen LogP contribution in [0.25, 0.3) is 11.1 Å².